The molecule has 8 bridgehead atoms. The summed E-state index contributed by atoms with van der Waals surface area (Å²) in [6.07, 6.45) is 4.20. The number of aromatic nitrogens is 3. The number of nitrogens with one attached hydrogen (secondary N) is 4. The molecule has 246 valence electrons. The molecule has 6 heteroatoms. The van der Waals surface area contributed by atoms with Crippen molar-refractivity contribution < 1.29 is 4.79 Å². The highest BCUT2D eigenvalue weighted by Crippen LogP contribution is 2.35. The van der Waals surface area contributed by atoms with Gasteiger partial charge in [-0.1, -0.05) is 85.7 Å². The molecule has 2 aliphatic heterocycles. The number of halogens is 1. The summed E-state index contributed by atoms with van der Waals surface area (Å²) in [5.41, 5.74) is 8.49. The fraction of sp³-hybridized carbons (Fsp3) is 0.310. The lowest BCUT2D eigenvalue weighted by atomic mass is 9.78. The first-order chi connectivity index (χ1) is 22.6. The molecule has 2 unspecified atom stereocenters. The Morgan fingerprint density at radius 1 is 0.625 bits per heavy atom. The maximum Gasteiger partial charge on any atom is 0.161 e. The Kier molecular flexibility index (Phi) is 7.91. The molecule has 0 amide bonds. The third-order valence-electron chi connectivity index (χ3n) is 10.0. The maximum atomic E-state index is 13.7. The molecule has 7 rings (SSSR count). The lowest BCUT2D eigenvalue weighted by Crippen LogP contribution is -2.34. The molecule has 4 N–H and O–H groups in total. The zero-order chi connectivity index (χ0) is 34.2. The summed E-state index contributed by atoms with van der Waals surface area (Å²) in [4.78, 5) is 25.0. The Bertz CT molecular complexity index is 2270. The standard InChI is InChI=1S/C42H45IN4O/c1-40(2,3)26-19-25(20-27(21-26)41(4,5)6)38-32-16-14-30(45-32)23-36-42(7,8)39(48)35(47-36)22-29-13-15-31(44-29)37(33-17-18-34(38)46-33)24-9-11-28(43)12-10-24/h9-23,35-36,44-47H,1-8H3. The van der Waals surface area contributed by atoms with Gasteiger partial charge in [0.2, 0.25) is 0 Å². The van der Waals surface area contributed by atoms with Gasteiger partial charge in [0.25, 0.3) is 0 Å². The van der Waals surface area contributed by atoms with E-state index >= 15 is 0 Å². The molecule has 0 spiro atoms. The van der Waals surface area contributed by atoms with Crippen molar-refractivity contribution in [1.29, 1.82) is 0 Å². The van der Waals surface area contributed by atoms with Crippen LogP contribution in [0, 0.1) is 8.99 Å². The lowest BCUT2D eigenvalue weighted by molar-refractivity contribution is -0.124. The molecule has 5 heterocycles. The monoisotopic (exact) mass is 748 g/mol. The second-order valence-corrected chi connectivity index (χ2v) is 17.3. The molecule has 2 aromatic carbocycles. The summed E-state index contributed by atoms with van der Waals surface area (Å²) < 4.78 is 1.18. The van der Waals surface area contributed by atoms with Gasteiger partial charge in [0, 0.05) is 59.0 Å². The van der Waals surface area contributed by atoms with Crippen LogP contribution in [0.25, 0.3) is 23.3 Å². The van der Waals surface area contributed by atoms with Crippen molar-refractivity contribution in [3.8, 4) is 0 Å². The zero-order valence-corrected chi connectivity index (χ0v) is 31.3. The van der Waals surface area contributed by atoms with Gasteiger partial charge in [-0.2, -0.15) is 0 Å². The fourth-order valence-electron chi connectivity index (χ4n) is 6.93. The molecule has 48 heavy (non-hydrogen) atoms. The molecule has 1 saturated heterocycles. The first kappa shape index (κ1) is 32.7. The largest absolute Gasteiger partial charge is 0.355 e. The van der Waals surface area contributed by atoms with Gasteiger partial charge in [-0.25, -0.2) is 0 Å². The minimum atomic E-state index is -0.572. The van der Waals surface area contributed by atoms with E-state index in [0.29, 0.717) is 0 Å². The summed E-state index contributed by atoms with van der Waals surface area (Å²) in [7, 11) is 0. The van der Waals surface area contributed by atoms with Gasteiger partial charge in [0.15, 0.2) is 5.78 Å². The van der Waals surface area contributed by atoms with E-state index in [1.807, 2.05) is 19.9 Å². The molecule has 5 nitrogen and oxygen atoms in total. The number of aromatic amines is 3. The highest BCUT2D eigenvalue weighted by atomic mass is 127. The van der Waals surface area contributed by atoms with Gasteiger partial charge in [-0.05, 0) is 116 Å². The van der Waals surface area contributed by atoms with E-state index in [1.54, 1.807) is 0 Å². The van der Waals surface area contributed by atoms with Crippen LogP contribution in [0.4, 0.5) is 0 Å². The quantitative estimate of drug-likeness (QED) is 0.171. The summed E-state index contributed by atoms with van der Waals surface area (Å²) in [5.74, 6) is 0.187. The molecular formula is C42H45IN4O. The van der Waals surface area contributed by atoms with Crippen LogP contribution in [0.3, 0.4) is 0 Å². The van der Waals surface area contributed by atoms with E-state index in [-0.39, 0.29) is 22.7 Å². The molecule has 1 fully saturated rings. The van der Waals surface area contributed by atoms with Crippen LogP contribution in [0.2, 0.25) is 0 Å². The normalized spacial score (nSPS) is 19.3. The first-order valence-corrected chi connectivity index (χ1v) is 17.9. The van der Waals surface area contributed by atoms with Crippen LogP contribution in [0.5, 0.6) is 0 Å². The van der Waals surface area contributed by atoms with E-state index in [2.05, 4.69) is 169 Å². The maximum absolute atomic E-state index is 13.7. The predicted octanol–water partition coefficient (Wildman–Crippen LogP) is 5.88. The summed E-state index contributed by atoms with van der Waals surface area (Å²) in [6.45, 7) is 17.8. The van der Waals surface area contributed by atoms with Crippen LogP contribution in [-0.4, -0.2) is 32.8 Å². The van der Waals surface area contributed by atoms with Gasteiger partial charge in [-0.15, -0.1) is 0 Å². The van der Waals surface area contributed by atoms with Crippen molar-refractivity contribution in [3.63, 3.8) is 0 Å². The van der Waals surface area contributed by atoms with Crippen molar-refractivity contribution in [3.05, 3.63) is 137 Å². The fourth-order valence-corrected chi connectivity index (χ4v) is 7.29. The van der Waals surface area contributed by atoms with Crippen LogP contribution in [-0.2, 0) is 15.6 Å². The summed E-state index contributed by atoms with van der Waals surface area (Å²) in [6, 6.07) is 28.1. The topological polar surface area (TPSA) is 76.5 Å². The van der Waals surface area contributed by atoms with Crippen LogP contribution in [0.15, 0.2) is 78.9 Å². The van der Waals surface area contributed by atoms with Crippen molar-refractivity contribution in [2.75, 3.05) is 0 Å². The second kappa shape index (κ2) is 11.6. The average molecular weight is 749 g/mol. The van der Waals surface area contributed by atoms with Crippen molar-refractivity contribution >= 4 is 51.7 Å². The van der Waals surface area contributed by atoms with Gasteiger partial charge < -0.3 is 15.0 Å². The molecule has 2 aliphatic rings. The van der Waals surface area contributed by atoms with Gasteiger partial charge in [0.1, 0.15) is 0 Å². The second-order valence-electron chi connectivity index (χ2n) is 16.0. The highest BCUT2D eigenvalue weighted by Gasteiger charge is 2.46. The molecule has 0 aliphatic carbocycles. The molecule has 3 aromatic heterocycles. The van der Waals surface area contributed by atoms with Crippen LogP contribution in [0.1, 0.15) is 89.0 Å². The number of hydrogen-bond donors (Lipinski definition) is 4. The number of hydrogen-bond acceptors (Lipinski definition) is 2. The third kappa shape index (κ3) is 5.98. The third-order valence-corrected chi connectivity index (χ3v) is 10.7. The summed E-state index contributed by atoms with van der Waals surface area (Å²) >= 11 is 2.35. The number of Topliss-reactive ketones (excluding diaryl/α,β-unsaturated/α-hetero) is 1. The number of carbonyl (C=O) groups is 1. The van der Waals surface area contributed by atoms with E-state index in [9.17, 15) is 4.79 Å². The Labute approximate surface area is 296 Å². The van der Waals surface area contributed by atoms with Gasteiger partial charge in [-0.3, -0.25) is 10.1 Å². The number of benzene rings is 2. The van der Waals surface area contributed by atoms with Gasteiger partial charge in [0.05, 0.1) is 6.04 Å². The number of fused-ring (bicyclic) bond motifs is 8. The Hall–Kier alpha value is -3.88. The minimum absolute atomic E-state index is 0.0264. The van der Waals surface area contributed by atoms with Crippen LogP contribution >= 0.6 is 22.6 Å². The highest BCUT2D eigenvalue weighted by molar-refractivity contribution is 14.1. The van der Waals surface area contributed by atoms with E-state index in [0.717, 1.165) is 55.1 Å². The van der Waals surface area contributed by atoms with Crippen molar-refractivity contribution in [2.24, 2.45) is 5.41 Å². The number of ketones is 1. The van der Waals surface area contributed by atoms with E-state index in [4.69, 9.17) is 0 Å². The number of carbonyl (C=O) groups excluding carboxylic acids is 1. The Balaban J connectivity index is 1.58. The minimum Gasteiger partial charge on any atom is -0.355 e. The zero-order valence-electron chi connectivity index (χ0n) is 29.1. The van der Waals surface area contributed by atoms with Crippen LogP contribution < -0.4 is 26.7 Å². The average Bonchev–Trinajstić information content (AvgIpc) is 3.81. The molecule has 5 aromatic rings. The first-order valence-electron chi connectivity index (χ1n) is 16.8. The van der Waals surface area contributed by atoms with E-state index < -0.39 is 11.5 Å². The Morgan fingerprint density at radius 3 is 1.69 bits per heavy atom. The SMILES string of the molecule is CC(C)(C)c1cc(C2=c3ccc([nH]3)=CC3NC(C=c4ccc([nH]4)=C(c4ccc(I)cc4)c4ccc2[nH]4)C(=O)C3(C)C)cc(C(C)(C)C)c1. The molecule has 2 atom stereocenters. The van der Waals surface area contributed by atoms with E-state index in [1.165, 1.54) is 14.7 Å². The number of H-pyrrole nitrogens is 3. The molecule has 0 radical (unpaired) electrons. The molecular weight excluding hydrogens is 703 g/mol. The summed E-state index contributed by atoms with van der Waals surface area (Å²) in [5, 5.41) is 7.54. The van der Waals surface area contributed by atoms with Gasteiger partial charge >= 0.3 is 0 Å². The van der Waals surface area contributed by atoms with Crippen molar-refractivity contribution in [2.45, 2.75) is 78.3 Å². The Morgan fingerprint density at radius 2 is 1.15 bits per heavy atom. The van der Waals surface area contributed by atoms with Crippen molar-refractivity contribution in [1.82, 2.24) is 20.3 Å². The smallest absolute Gasteiger partial charge is 0.161 e. The molecule has 0 saturated carbocycles. The lowest BCUT2D eigenvalue weighted by Gasteiger charge is -2.26. The predicted molar refractivity (Wildman–Crippen MR) is 206 cm³/mol. The number of rotatable bonds is 2.